The largest absolute Gasteiger partial charge is 0.354 e. The van der Waals surface area contributed by atoms with E-state index in [0.29, 0.717) is 26.1 Å². The molecular formula is C15H29N3O3S. The highest BCUT2D eigenvalue weighted by atomic mass is 32.2. The highest BCUT2D eigenvalue weighted by Gasteiger charge is 2.29. The molecule has 7 heteroatoms. The zero-order valence-electron chi connectivity index (χ0n) is 13.5. The maximum absolute atomic E-state index is 12.3. The first-order valence-corrected chi connectivity index (χ1v) is 10.1. The molecule has 22 heavy (non-hydrogen) atoms. The van der Waals surface area contributed by atoms with Gasteiger partial charge in [-0.2, -0.15) is 0 Å². The molecule has 0 spiro atoms. The van der Waals surface area contributed by atoms with Crippen LogP contribution in [0.3, 0.4) is 0 Å². The average molecular weight is 331 g/mol. The van der Waals surface area contributed by atoms with Crippen molar-refractivity contribution < 1.29 is 13.2 Å². The number of piperidine rings is 1. The minimum Gasteiger partial charge on any atom is -0.354 e. The van der Waals surface area contributed by atoms with Gasteiger partial charge >= 0.3 is 0 Å². The maximum Gasteiger partial charge on any atom is 0.237 e. The van der Waals surface area contributed by atoms with Crippen molar-refractivity contribution in [3.05, 3.63) is 0 Å². The molecule has 2 rings (SSSR count). The molecule has 2 unspecified atom stereocenters. The summed E-state index contributed by atoms with van der Waals surface area (Å²) in [6.45, 7) is 4.66. The van der Waals surface area contributed by atoms with E-state index in [2.05, 4.69) is 10.6 Å². The first-order valence-electron chi connectivity index (χ1n) is 8.52. The van der Waals surface area contributed by atoms with E-state index < -0.39 is 10.0 Å². The number of hydrogen-bond donors (Lipinski definition) is 2. The zero-order valence-corrected chi connectivity index (χ0v) is 14.3. The maximum atomic E-state index is 12.3. The molecule has 2 fully saturated rings. The van der Waals surface area contributed by atoms with E-state index in [-0.39, 0.29) is 23.6 Å². The Bertz CT molecular complexity index is 461. The molecule has 6 nitrogen and oxygen atoms in total. The molecule has 2 N–H and O–H groups in total. The van der Waals surface area contributed by atoms with E-state index in [0.717, 1.165) is 38.6 Å². The van der Waals surface area contributed by atoms with Crippen molar-refractivity contribution in [2.75, 3.05) is 31.9 Å². The topological polar surface area (TPSA) is 78.5 Å². The molecule has 0 bridgehead atoms. The van der Waals surface area contributed by atoms with Gasteiger partial charge in [0.25, 0.3) is 0 Å². The number of carbonyl (C=O) groups excluding carboxylic acids is 1. The number of rotatable bonds is 7. The Labute approximate surface area is 134 Å². The quantitative estimate of drug-likeness (QED) is 0.720. The van der Waals surface area contributed by atoms with Crippen LogP contribution in [0.2, 0.25) is 0 Å². The van der Waals surface area contributed by atoms with Crippen LogP contribution >= 0.6 is 0 Å². The molecular weight excluding hydrogens is 302 g/mol. The average Bonchev–Trinajstić information content (AvgIpc) is 3.05. The fourth-order valence-corrected chi connectivity index (χ4v) is 4.94. The summed E-state index contributed by atoms with van der Waals surface area (Å²) in [4.78, 5) is 12.0. The second-order valence-corrected chi connectivity index (χ2v) is 8.52. The smallest absolute Gasteiger partial charge is 0.237 e. The van der Waals surface area contributed by atoms with Crippen LogP contribution in [0.4, 0.5) is 0 Å². The lowest BCUT2D eigenvalue weighted by Crippen LogP contribution is -2.47. The highest BCUT2D eigenvalue weighted by molar-refractivity contribution is 7.89. The van der Waals surface area contributed by atoms with Gasteiger partial charge in [-0.3, -0.25) is 4.79 Å². The minimum absolute atomic E-state index is 0.0588. The molecule has 0 aromatic carbocycles. The van der Waals surface area contributed by atoms with Crippen LogP contribution < -0.4 is 10.6 Å². The van der Waals surface area contributed by atoms with Crippen molar-refractivity contribution in [1.29, 1.82) is 0 Å². The predicted molar refractivity (Wildman–Crippen MR) is 87.0 cm³/mol. The second kappa shape index (κ2) is 8.26. The molecule has 0 radical (unpaired) electrons. The summed E-state index contributed by atoms with van der Waals surface area (Å²) >= 11 is 0. The number of amides is 1. The van der Waals surface area contributed by atoms with Gasteiger partial charge in [-0.1, -0.05) is 13.3 Å². The van der Waals surface area contributed by atoms with Crippen molar-refractivity contribution in [3.8, 4) is 0 Å². The third-order valence-corrected chi connectivity index (χ3v) is 6.50. The number of nitrogens with one attached hydrogen (secondary N) is 2. The number of sulfonamides is 1. The van der Waals surface area contributed by atoms with Crippen molar-refractivity contribution >= 4 is 15.9 Å². The first kappa shape index (κ1) is 17.7. The summed E-state index contributed by atoms with van der Waals surface area (Å²) in [5.74, 6) is 0.535. The highest BCUT2D eigenvalue weighted by Crippen LogP contribution is 2.19. The molecule has 0 saturated carbocycles. The summed E-state index contributed by atoms with van der Waals surface area (Å²) in [6, 6.07) is -0.0621. The summed E-state index contributed by atoms with van der Waals surface area (Å²) in [5, 5.41) is 6.17. The molecule has 128 valence electrons. The predicted octanol–water partition coefficient (Wildman–Crippen LogP) is 0.697. The van der Waals surface area contributed by atoms with E-state index in [1.165, 1.54) is 0 Å². The summed E-state index contributed by atoms with van der Waals surface area (Å²) in [7, 11) is -3.12. The van der Waals surface area contributed by atoms with Crippen molar-refractivity contribution in [1.82, 2.24) is 14.9 Å². The Morgan fingerprint density at radius 3 is 2.82 bits per heavy atom. The van der Waals surface area contributed by atoms with Gasteiger partial charge in [-0.05, 0) is 44.6 Å². The van der Waals surface area contributed by atoms with Gasteiger partial charge in [-0.25, -0.2) is 12.7 Å². The van der Waals surface area contributed by atoms with Crippen molar-refractivity contribution in [3.63, 3.8) is 0 Å². The first-order chi connectivity index (χ1) is 10.5. The summed E-state index contributed by atoms with van der Waals surface area (Å²) in [5.41, 5.74) is 0. The van der Waals surface area contributed by atoms with E-state index in [1.807, 2.05) is 6.92 Å². The molecule has 2 aliphatic heterocycles. The Morgan fingerprint density at radius 2 is 2.14 bits per heavy atom. The monoisotopic (exact) mass is 331 g/mol. The Balaban J connectivity index is 1.79. The lowest BCUT2D eigenvalue weighted by molar-refractivity contribution is -0.123. The summed E-state index contributed by atoms with van der Waals surface area (Å²) in [6.07, 6.45) is 5.42. The molecule has 2 saturated heterocycles. The van der Waals surface area contributed by atoms with Crippen LogP contribution in [0.25, 0.3) is 0 Å². The Kier molecular flexibility index (Phi) is 6.65. The third-order valence-electron chi connectivity index (χ3n) is 4.57. The lowest BCUT2D eigenvalue weighted by Gasteiger charge is -2.32. The van der Waals surface area contributed by atoms with Gasteiger partial charge in [-0.15, -0.1) is 0 Å². The summed E-state index contributed by atoms with van der Waals surface area (Å²) < 4.78 is 26.2. The third kappa shape index (κ3) is 4.93. The van der Waals surface area contributed by atoms with Gasteiger partial charge in [0, 0.05) is 19.6 Å². The molecule has 0 aliphatic carbocycles. The molecule has 2 aliphatic rings. The lowest BCUT2D eigenvalue weighted by atomic mass is 9.99. The van der Waals surface area contributed by atoms with Crippen LogP contribution in [0.5, 0.6) is 0 Å². The van der Waals surface area contributed by atoms with Gasteiger partial charge in [0.2, 0.25) is 15.9 Å². The normalized spacial score (nSPS) is 27.0. The van der Waals surface area contributed by atoms with Gasteiger partial charge in [0.05, 0.1) is 11.8 Å². The SMILES string of the molecule is CCCCS(=O)(=O)N1CCCC(CNC(=O)C2CCCN2)C1. The fourth-order valence-electron chi connectivity index (χ4n) is 3.18. The Hall–Kier alpha value is -0.660. The van der Waals surface area contributed by atoms with Crippen molar-refractivity contribution in [2.45, 2.75) is 51.5 Å². The number of carbonyl (C=O) groups is 1. The number of hydrogen-bond acceptors (Lipinski definition) is 4. The molecule has 1 amide bonds. The minimum atomic E-state index is -3.12. The van der Waals surface area contributed by atoms with E-state index >= 15 is 0 Å². The van der Waals surface area contributed by atoms with Gasteiger partial charge < -0.3 is 10.6 Å². The fraction of sp³-hybridized carbons (Fsp3) is 0.933. The van der Waals surface area contributed by atoms with Crippen LogP contribution in [0.1, 0.15) is 45.4 Å². The zero-order chi connectivity index (χ0) is 16.0. The van der Waals surface area contributed by atoms with E-state index in [4.69, 9.17) is 0 Å². The van der Waals surface area contributed by atoms with E-state index in [9.17, 15) is 13.2 Å². The molecule has 0 aromatic heterocycles. The molecule has 2 atom stereocenters. The van der Waals surface area contributed by atoms with Crippen LogP contribution in [0.15, 0.2) is 0 Å². The number of unbranched alkanes of at least 4 members (excludes halogenated alkanes) is 1. The van der Waals surface area contributed by atoms with E-state index in [1.54, 1.807) is 4.31 Å². The molecule has 0 aromatic rings. The van der Waals surface area contributed by atoms with Crippen molar-refractivity contribution in [2.24, 2.45) is 5.92 Å². The van der Waals surface area contributed by atoms with Crippen LogP contribution in [-0.4, -0.2) is 56.6 Å². The van der Waals surface area contributed by atoms with Gasteiger partial charge in [0.1, 0.15) is 0 Å². The second-order valence-electron chi connectivity index (χ2n) is 6.43. The Morgan fingerprint density at radius 1 is 1.32 bits per heavy atom. The number of nitrogens with zero attached hydrogens (tertiary/aromatic N) is 1. The van der Waals surface area contributed by atoms with Crippen LogP contribution in [-0.2, 0) is 14.8 Å². The van der Waals surface area contributed by atoms with Gasteiger partial charge in [0.15, 0.2) is 0 Å². The van der Waals surface area contributed by atoms with Crippen LogP contribution in [0, 0.1) is 5.92 Å². The standard InChI is InChI=1S/C15H29N3O3S/c1-2-3-10-22(20,21)18-9-5-6-13(12-18)11-17-15(19)14-7-4-8-16-14/h13-14,16H,2-12H2,1H3,(H,17,19). The molecule has 2 heterocycles.